The average molecular weight is 339 g/mol. The average Bonchev–Trinajstić information content (AvgIpc) is 2.45. The zero-order valence-electron chi connectivity index (χ0n) is 13.2. The number of aliphatic imine (C=N–C) groups is 1. The zero-order valence-corrected chi connectivity index (χ0v) is 14.0. The predicted octanol–water partition coefficient (Wildman–Crippen LogP) is 3.37. The molecule has 6 heteroatoms. The van der Waals surface area contributed by atoms with E-state index in [1.54, 1.807) is 12.1 Å². The first-order chi connectivity index (χ1) is 10.9. The first-order valence-electron chi connectivity index (χ1n) is 7.43. The highest BCUT2D eigenvalue weighted by molar-refractivity contribution is 6.30. The zero-order chi connectivity index (χ0) is 17.0. The van der Waals surface area contributed by atoms with E-state index < -0.39 is 5.82 Å². The van der Waals surface area contributed by atoms with Crippen LogP contribution in [-0.4, -0.2) is 49.2 Å². The monoisotopic (exact) mass is 338 g/mol. The van der Waals surface area contributed by atoms with E-state index in [0.717, 1.165) is 6.54 Å². The van der Waals surface area contributed by atoms with Crippen molar-refractivity contribution in [3.63, 3.8) is 0 Å². The molecule has 1 aliphatic rings. The summed E-state index contributed by atoms with van der Waals surface area (Å²) in [5.41, 5.74) is 0.632. The van der Waals surface area contributed by atoms with Crippen LogP contribution in [0.15, 0.2) is 34.5 Å². The van der Waals surface area contributed by atoms with Gasteiger partial charge in [0.1, 0.15) is 11.6 Å². The van der Waals surface area contributed by atoms with Crippen LogP contribution in [0.5, 0.6) is 0 Å². The number of Topliss-reactive ketones (excluding diaryl/α,β-unsaturated/α-hetero) is 1. The highest BCUT2D eigenvalue weighted by atomic mass is 35.5. The Balaban J connectivity index is 2.13. The van der Waals surface area contributed by atoms with E-state index in [2.05, 4.69) is 4.99 Å². The maximum absolute atomic E-state index is 14.0. The summed E-state index contributed by atoms with van der Waals surface area (Å²) in [6, 6.07) is 4.38. The van der Waals surface area contributed by atoms with Crippen molar-refractivity contribution < 1.29 is 14.3 Å². The van der Waals surface area contributed by atoms with Gasteiger partial charge in [0, 0.05) is 36.5 Å². The molecule has 0 heterocycles. The minimum Gasteiger partial charge on any atom is -0.511 e. The van der Waals surface area contributed by atoms with Gasteiger partial charge in [-0.2, -0.15) is 0 Å². The molecule has 0 aliphatic heterocycles. The van der Waals surface area contributed by atoms with Crippen molar-refractivity contribution >= 4 is 23.6 Å². The maximum Gasteiger partial charge on any atom is 0.168 e. The van der Waals surface area contributed by atoms with Crippen LogP contribution in [-0.2, 0) is 4.79 Å². The number of hydrogen-bond donors (Lipinski definition) is 1. The van der Waals surface area contributed by atoms with Crippen molar-refractivity contribution in [2.24, 2.45) is 4.99 Å². The second-order valence-corrected chi connectivity index (χ2v) is 6.33. The van der Waals surface area contributed by atoms with Gasteiger partial charge in [0.2, 0.25) is 0 Å². The van der Waals surface area contributed by atoms with Crippen LogP contribution in [0.2, 0.25) is 5.02 Å². The highest BCUT2D eigenvalue weighted by Crippen LogP contribution is 2.35. The number of carbonyl (C=O) groups excluding carboxylic acids is 1. The summed E-state index contributed by atoms with van der Waals surface area (Å²) < 4.78 is 14.0. The molecule has 2 rings (SSSR count). The fourth-order valence-electron chi connectivity index (χ4n) is 2.52. The van der Waals surface area contributed by atoms with Crippen LogP contribution >= 0.6 is 11.6 Å². The number of benzene rings is 1. The van der Waals surface area contributed by atoms with Gasteiger partial charge >= 0.3 is 0 Å². The van der Waals surface area contributed by atoms with Crippen LogP contribution in [0.3, 0.4) is 0 Å². The van der Waals surface area contributed by atoms with Gasteiger partial charge in [0.05, 0.1) is 12.1 Å². The van der Waals surface area contributed by atoms with Gasteiger partial charge in [0.15, 0.2) is 5.78 Å². The Hall–Kier alpha value is -1.72. The minimum atomic E-state index is -0.453. The number of allylic oxidation sites excluding steroid dienone is 2. The lowest BCUT2D eigenvalue weighted by Gasteiger charge is -2.22. The molecule has 1 aromatic carbocycles. The fraction of sp³-hybridized carbons (Fsp3) is 0.412. The van der Waals surface area contributed by atoms with Crippen molar-refractivity contribution in [2.45, 2.75) is 18.8 Å². The van der Waals surface area contributed by atoms with Gasteiger partial charge in [-0.1, -0.05) is 17.7 Å². The standard InChI is InChI=1S/C17H20ClFN2O2/c1-21(2)6-5-20-10-14-16(22)7-11(8-17(14)23)13-4-3-12(18)9-15(13)19/h3-4,9-11,22H,5-8H2,1-2H3. The normalized spacial score (nSPS) is 19.2. The summed E-state index contributed by atoms with van der Waals surface area (Å²) in [5, 5.41) is 10.4. The molecule has 1 N–H and O–H groups in total. The number of ketones is 1. The van der Waals surface area contributed by atoms with Crippen molar-refractivity contribution in [2.75, 3.05) is 27.2 Å². The molecule has 0 amide bonds. The molecule has 0 spiro atoms. The molecule has 1 unspecified atom stereocenters. The first-order valence-corrected chi connectivity index (χ1v) is 7.81. The number of halogens is 2. The molecule has 1 atom stereocenters. The molecular formula is C17H20ClFN2O2. The number of likely N-dealkylation sites (N-methyl/N-ethyl adjacent to an activating group) is 1. The van der Waals surface area contributed by atoms with Gasteiger partial charge in [-0.3, -0.25) is 9.79 Å². The largest absolute Gasteiger partial charge is 0.511 e. The van der Waals surface area contributed by atoms with Crippen molar-refractivity contribution in [1.82, 2.24) is 4.90 Å². The summed E-state index contributed by atoms with van der Waals surface area (Å²) in [7, 11) is 3.87. The molecular weight excluding hydrogens is 319 g/mol. The molecule has 0 fully saturated rings. The molecule has 0 bridgehead atoms. The van der Waals surface area contributed by atoms with E-state index in [1.165, 1.54) is 12.3 Å². The molecule has 124 valence electrons. The molecule has 1 aromatic rings. The summed E-state index contributed by atoms with van der Waals surface area (Å²) in [6.45, 7) is 1.31. The molecule has 1 aliphatic carbocycles. The summed E-state index contributed by atoms with van der Waals surface area (Å²) in [6.07, 6.45) is 1.80. The van der Waals surface area contributed by atoms with E-state index in [4.69, 9.17) is 11.6 Å². The van der Waals surface area contributed by atoms with Crippen molar-refractivity contribution in [1.29, 1.82) is 0 Å². The summed E-state index contributed by atoms with van der Waals surface area (Å²) in [4.78, 5) is 18.4. The van der Waals surface area contributed by atoms with E-state index in [0.29, 0.717) is 17.1 Å². The Morgan fingerprint density at radius 2 is 2.17 bits per heavy atom. The second kappa shape index (κ2) is 7.70. The van der Waals surface area contributed by atoms with Crippen molar-refractivity contribution in [3.05, 3.63) is 45.9 Å². The van der Waals surface area contributed by atoms with Gasteiger partial charge in [-0.05, 0) is 31.8 Å². The van der Waals surface area contributed by atoms with E-state index >= 15 is 0 Å². The minimum absolute atomic E-state index is 0.0331. The van der Waals surface area contributed by atoms with Crippen LogP contribution < -0.4 is 0 Å². The fourth-order valence-corrected chi connectivity index (χ4v) is 2.68. The summed E-state index contributed by atoms with van der Waals surface area (Å²) in [5.74, 6) is -1.08. The van der Waals surface area contributed by atoms with Gasteiger partial charge in [-0.15, -0.1) is 0 Å². The third kappa shape index (κ3) is 4.62. The molecule has 4 nitrogen and oxygen atoms in total. The van der Waals surface area contributed by atoms with Crippen molar-refractivity contribution in [3.8, 4) is 0 Å². The lowest BCUT2D eigenvalue weighted by Crippen LogP contribution is -2.20. The first kappa shape index (κ1) is 17.6. The quantitative estimate of drug-likeness (QED) is 0.837. The molecule has 0 saturated heterocycles. The lowest BCUT2D eigenvalue weighted by molar-refractivity contribution is -0.116. The molecule has 0 aromatic heterocycles. The van der Waals surface area contributed by atoms with E-state index in [1.807, 2.05) is 19.0 Å². The number of carbonyl (C=O) groups is 1. The highest BCUT2D eigenvalue weighted by Gasteiger charge is 2.29. The van der Waals surface area contributed by atoms with Crippen LogP contribution in [0, 0.1) is 5.82 Å². The smallest absolute Gasteiger partial charge is 0.168 e. The van der Waals surface area contributed by atoms with Gasteiger partial charge in [0.25, 0.3) is 0 Å². The molecule has 23 heavy (non-hydrogen) atoms. The number of hydrogen-bond acceptors (Lipinski definition) is 4. The maximum atomic E-state index is 14.0. The summed E-state index contributed by atoms with van der Waals surface area (Å²) >= 11 is 5.74. The van der Waals surface area contributed by atoms with Gasteiger partial charge < -0.3 is 10.0 Å². The third-order valence-electron chi connectivity index (χ3n) is 3.78. The van der Waals surface area contributed by atoms with Crippen LogP contribution in [0.25, 0.3) is 0 Å². The number of aliphatic hydroxyl groups excluding tert-OH is 1. The topological polar surface area (TPSA) is 52.9 Å². The number of rotatable bonds is 5. The van der Waals surface area contributed by atoms with Crippen LogP contribution in [0.1, 0.15) is 24.3 Å². The molecule has 0 radical (unpaired) electrons. The Bertz CT molecular complexity index is 656. The third-order valence-corrected chi connectivity index (χ3v) is 4.02. The Labute approximate surface area is 140 Å². The number of aliphatic hydroxyl groups is 1. The SMILES string of the molecule is CN(C)CCN=CC1=C(O)CC(c2ccc(Cl)cc2F)CC1=O. The Morgan fingerprint density at radius 3 is 2.78 bits per heavy atom. The van der Waals surface area contributed by atoms with E-state index in [-0.39, 0.29) is 35.9 Å². The molecule has 0 saturated carbocycles. The Morgan fingerprint density at radius 1 is 1.43 bits per heavy atom. The van der Waals surface area contributed by atoms with Crippen LogP contribution in [0.4, 0.5) is 4.39 Å². The lowest BCUT2D eigenvalue weighted by atomic mass is 9.82. The Kier molecular flexibility index (Phi) is 5.91. The van der Waals surface area contributed by atoms with Gasteiger partial charge in [-0.25, -0.2) is 4.39 Å². The predicted molar refractivity (Wildman–Crippen MR) is 90.0 cm³/mol. The van der Waals surface area contributed by atoms with E-state index in [9.17, 15) is 14.3 Å². The number of nitrogens with zero attached hydrogens (tertiary/aromatic N) is 2. The second-order valence-electron chi connectivity index (χ2n) is 5.89.